The first-order chi connectivity index (χ1) is 7.30. The molecule has 0 aromatic heterocycles. The molecule has 1 atom stereocenters. The Morgan fingerprint density at radius 1 is 1.40 bits per heavy atom. The normalized spacial score (nSPS) is 12.1. The number of thioether (sulfide) groups is 1. The molecule has 0 aliphatic rings. The van der Waals surface area contributed by atoms with Crippen molar-refractivity contribution in [2.75, 3.05) is 6.26 Å². The lowest BCUT2D eigenvalue weighted by Crippen LogP contribution is -2.28. The molecule has 0 fully saturated rings. The number of benzene rings is 1. The van der Waals surface area contributed by atoms with Gasteiger partial charge in [-0.15, -0.1) is 11.8 Å². The zero-order chi connectivity index (χ0) is 11.1. The van der Waals surface area contributed by atoms with Gasteiger partial charge in [0.25, 0.3) is 0 Å². The monoisotopic (exact) mass is 223 g/mol. The highest BCUT2D eigenvalue weighted by atomic mass is 32.2. The van der Waals surface area contributed by atoms with Crippen molar-refractivity contribution >= 4 is 18.2 Å². The van der Waals surface area contributed by atoms with Gasteiger partial charge in [-0.25, -0.2) is 0 Å². The highest BCUT2D eigenvalue weighted by molar-refractivity contribution is 7.98. The molecule has 1 N–H and O–H groups in total. The quantitative estimate of drug-likeness (QED) is 0.593. The fourth-order valence-corrected chi connectivity index (χ4v) is 1.87. The zero-order valence-electron chi connectivity index (χ0n) is 9.19. The van der Waals surface area contributed by atoms with E-state index < -0.39 is 0 Å². The number of amides is 1. The third-order valence-corrected chi connectivity index (χ3v) is 3.18. The van der Waals surface area contributed by atoms with Crippen LogP contribution in [0.15, 0.2) is 29.2 Å². The summed E-state index contributed by atoms with van der Waals surface area (Å²) in [6, 6.07) is 8.74. The van der Waals surface area contributed by atoms with E-state index in [-0.39, 0.29) is 6.04 Å². The molecular weight excluding hydrogens is 206 g/mol. The van der Waals surface area contributed by atoms with Crippen molar-refractivity contribution in [3.63, 3.8) is 0 Å². The van der Waals surface area contributed by atoms with Crippen molar-refractivity contribution in [3.05, 3.63) is 29.8 Å². The zero-order valence-corrected chi connectivity index (χ0v) is 10.0. The van der Waals surface area contributed by atoms with Gasteiger partial charge in [0.05, 0.1) is 0 Å². The Labute approximate surface area is 95.5 Å². The lowest BCUT2D eigenvalue weighted by molar-refractivity contribution is -0.110. The molecule has 0 spiro atoms. The van der Waals surface area contributed by atoms with Crippen LogP contribution in [0.2, 0.25) is 0 Å². The number of carbonyl (C=O) groups is 1. The maximum atomic E-state index is 10.4. The second-order valence-corrected chi connectivity index (χ2v) is 4.32. The van der Waals surface area contributed by atoms with E-state index in [1.54, 1.807) is 11.8 Å². The minimum Gasteiger partial charge on any atom is -0.356 e. The lowest BCUT2D eigenvalue weighted by atomic mass is 10.0. The first-order valence-electron chi connectivity index (χ1n) is 5.12. The van der Waals surface area contributed by atoms with E-state index in [2.05, 4.69) is 42.8 Å². The summed E-state index contributed by atoms with van der Waals surface area (Å²) in [5.41, 5.74) is 1.27. The van der Waals surface area contributed by atoms with E-state index in [1.807, 2.05) is 0 Å². The highest BCUT2D eigenvalue weighted by Crippen LogP contribution is 2.15. The molecular formula is C12H17NOS. The molecule has 15 heavy (non-hydrogen) atoms. The SMILES string of the molecule is CCC(Cc1ccc(SC)cc1)NC=O. The van der Waals surface area contributed by atoms with Gasteiger partial charge in [0.2, 0.25) is 6.41 Å². The van der Waals surface area contributed by atoms with Gasteiger partial charge in [-0.1, -0.05) is 19.1 Å². The fourth-order valence-electron chi connectivity index (χ4n) is 1.46. The second kappa shape index (κ2) is 6.51. The summed E-state index contributed by atoms with van der Waals surface area (Å²) >= 11 is 1.74. The molecule has 0 saturated carbocycles. The summed E-state index contributed by atoms with van der Waals surface area (Å²) in [4.78, 5) is 11.6. The minimum atomic E-state index is 0.252. The van der Waals surface area contributed by atoms with E-state index in [1.165, 1.54) is 10.5 Å². The average molecular weight is 223 g/mol. The summed E-state index contributed by atoms with van der Waals surface area (Å²) in [5, 5.41) is 2.82. The van der Waals surface area contributed by atoms with Gasteiger partial charge < -0.3 is 5.32 Å². The van der Waals surface area contributed by atoms with E-state index >= 15 is 0 Å². The van der Waals surface area contributed by atoms with Gasteiger partial charge >= 0.3 is 0 Å². The molecule has 0 saturated heterocycles. The van der Waals surface area contributed by atoms with Gasteiger partial charge in [0.1, 0.15) is 0 Å². The van der Waals surface area contributed by atoms with Crippen molar-refractivity contribution in [2.24, 2.45) is 0 Å². The molecule has 0 aliphatic carbocycles. The molecule has 1 unspecified atom stereocenters. The topological polar surface area (TPSA) is 29.1 Å². The Kier molecular flexibility index (Phi) is 5.26. The Morgan fingerprint density at radius 2 is 2.07 bits per heavy atom. The highest BCUT2D eigenvalue weighted by Gasteiger charge is 2.05. The average Bonchev–Trinajstić information content (AvgIpc) is 2.29. The Hall–Kier alpha value is -0.960. The summed E-state index contributed by atoms with van der Waals surface area (Å²) < 4.78 is 0. The van der Waals surface area contributed by atoms with Crippen LogP contribution in [0.5, 0.6) is 0 Å². The van der Waals surface area contributed by atoms with Gasteiger partial charge in [0, 0.05) is 10.9 Å². The van der Waals surface area contributed by atoms with Crippen LogP contribution in [-0.4, -0.2) is 18.7 Å². The van der Waals surface area contributed by atoms with Crippen LogP contribution >= 0.6 is 11.8 Å². The molecule has 0 radical (unpaired) electrons. The van der Waals surface area contributed by atoms with Crippen molar-refractivity contribution in [1.82, 2.24) is 5.32 Å². The largest absolute Gasteiger partial charge is 0.356 e. The van der Waals surface area contributed by atoms with E-state index in [4.69, 9.17) is 0 Å². The summed E-state index contributed by atoms with van der Waals surface area (Å²) in [7, 11) is 0. The van der Waals surface area contributed by atoms with Crippen molar-refractivity contribution in [2.45, 2.75) is 30.7 Å². The Balaban J connectivity index is 2.58. The maximum Gasteiger partial charge on any atom is 0.207 e. The van der Waals surface area contributed by atoms with E-state index in [0.29, 0.717) is 0 Å². The molecule has 1 rings (SSSR count). The van der Waals surface area contributed by atoms with Crippen molar-refractivity contribution in [3.8, 4) is 0 Å². The Morgan fingerprint density at radius 3 is 2.53 bits per heavy atom. The number of hydrogen-bond donors (Lipinski definition) is 1. The van der Waals surface area contributed by atoms with Gasteiger partial charge in [0.15, 0.2) is 0 Å². The number of carbonyl (C=O) groups excluding carboxylic acids is 1. The molecule has 3 heteroatoms. The van der Waals surface area contributed by atoms with Gasteiger partial charge in [-0.3, -0.25) is 4.79 Å². The molecule has 82 valence electrons. The van der Waals surface area contributed by atoms with Crippen LogP contribution in [0, 0.1) is 0 Å². The van der Waals surface area contributed by atoms with Crippen LogP contribution in [0.25, 0.3) is 0 Å². The fraction of sp³-hybridized carbons (Fsp3) is 0.417. The molecule has 2 nitrogen and oxygen atoms in total. The smallest absolute Gasteiger partial charge is 0.207 e. The number of nitrogens with one attached hydrogen (secondary N) is 1. The summed E-state index contributed by atoms with van der Waals surface area (Å²) in [6.45, 7) is 2.08. The predicted molar refractivity (Wildman–Crippen MR) is 65.2 cm³/mol. The third kappa shape index (κ3) is 3.96. The van der Waals surface area contributed by atoms with Crippen LogP contribution in [0.3, 0.4) is 0 Å². The van der Waals surface area contributed by atoms with Crippen LogP contribution < -0.4 is 5.32 Å². The second-order valence-electron chi connectivity index (χ2n) is 3.44. The predicted octanol–water partition coefficient (Wildman–Crippen LogP) is 2.48. The van der Waals surface area contributed by atoms with Crippen LogP contribution in [0.1, 0.15) is 18.9 Å². The van der Waals surface area contributed by atoms with Crippen molar-refractivity contribution < 1.29 is 4.79 Å². The van der Waals surface area contributed by atoms with Crippen LogP contribution in [0.4, 0.5) is 0 Å². The number of hydrogen-bond acceptors (Lipinski definition) is 2. The van der Waals surface area contributed by atoms with E-state index in [0.717, 1.165) is 19.3 Å². The minimum absolute atomic E-state index is 0.252. The van der Waals surface area contributed by atoms with Crippen molar-refractivity contribution in [1.29, 1.82) is 0 Å². The summed E-state index contributed by atoms with van der Waals surface area (Å²) in [5.74, 6) is 0. The first kappa shape index (κ1) is 12.1. The molecule has 1 aromatic rings. The van der Waals surface area contributed by atoms with Crippen LogP contribution in [-0.2, 0) is 11.2 Å². The van der Waals surface area contributed by atoms with E-state index in [9.17, 15) is 4.79 Å². The maximum absolute atomic E-state index is 10.4. The number of rotatable bonds is 6. The molecule has 0 heterocycles. The lowest BCUT2D eigenvalue weighted by Gasteiger charge is -2.13. The molecule has 1 aromatic carbocycles. The Bertz CT molecular complexity index is 297. The van der Waals surface area contributed by atoms with Gasteiger partial charge in [-0.05, 0) is 36.8 Å². The third-order valence-electron chi connectivity index (χ3n) is 2.44. The molecule has 0 aliphatic heterocycles. The standard InChI is InChI=1S/C12H17NOS/c1-3-11(13-9-14)8-10-4-6-12(15-2)7-5-10/h4-7,9,11H,3,8H2,1-2H3,(H,13,14). The molecule has 0 bridgehead atoms. The molecule has 1 amide bonds. The van der Waals surface area contributed by atoms with Gasteiger partial charge in [-0.2, -0.15) is 0 Å². The first-order valence-corrected chi connectivity index (χ1v) is 6.35. The summed E-state index contributed by atoms with van der Waals surface area (Å²) in [6.07, 6.45) is 4.72.